The third kappa shape index (κ3) is 8.58. The molecule has 1 heterocycles. The topological polar surface area (TPSA) is 78.7 Å². The van der Waals surface area contributed by atoms with E-state index in [0.717, 1.165) is 23.8 Å². The van der Waals surface area contributed by atoms with Crippen LogP contribution in [0.15, 0.2) is 87.3 Å². The van der Waals surface area contributed by atoms with Crippen molar-refractivity contribution in [3.05, 3.63) is 89.9 Å². The van der Waals surface area contributed by atoms with Gasteiger partial charge in [0.2, 0.25) is 0 Å². The molecule has 0 fully saturated rings. The lowest BCUT2D eigenvalue weighted by Crippen LogP contribution is -2.39. The van der Waals surface area contributed by atoms with Crippen molar-refractivity contribution in [2.45, 2.75) is 30.2 Å². The fraction of sp³-hybridized carbons (Fsp3) is 0.250. The Kier molecular flexibility index (Phi) is 11.2. The number of thioether (sulfide) groups is 1. The third-order valence-electron chi connectivity index (χ3n) is 4.51. The highest BCUT2D eigenvalue weighted by Gasteiger charge is 2.09. The van der Waals surface area contributed by atoms with E-state index in [-0.39, 0.29) is 29.9 Å². The molecule has 6 nitrogen and oxygen atoms in total. The van der Waals surface area contributed by atoms with E-state index in [4.69, 9.17) is 4.42 Å². The summed E-state index contributed by atoms with van der Waals surface area (Å²) in [6.45, 7) is 3.90. The van der Waals surface area contributed by atoms with Gasteiger partial charge in [-0.2, -0.15) is 0 Å². The Bertz CT molecular complexity index is 981. The molecule has 3 rings (SSSR count). The molecule has 1 amide bonds. The Morgan fingerprint density at radius 3 is 2.53 bits per heavy atom. The summed E-state index contributed by atoms with van der Waals surface area (Å²) in [5.74, 6) is 1.32. The van der Waals surface area contributed by atoms with Crippen LogP contribution in [0.4, 0.5) is 0 Å². The minimum absolute atomic E-state index is 0. The predicted molar refractivity (Wildman–Crippen MR) is 142 cm³/mol. The lowest BCUT2D eigenvalue weighted by Gasteiger charge is -2.16. The summed E-state index contributed by atoms with van der Waals surface area (Å²) in [5, 5.41) is 9.93. The van der Waals surface area contributed by atoms with Crippen LogP contribution in [0.1, 0.15) is 28.6 Å². The number of hydrogen-bond acceptors (Lipinski definition) is 4. The molecule has 0 aliphatic carbocycles. The minimum atomic E-state index is -0.132. The third-order valence-corrected chi connectivity index (χ3v) is 5.63. The van der Waals surface area contributed by atoms with E-state index in [9.17, 15) is 4.79 Å². The maximum atomic E-state index is 12.4. The van der Waals surface area contributed by atoms with Crippen LogP contribution < -0.4 is 16.0 Å². The van der Waals surface area contributed by atoms with Gasteiger partial charge in [-0.25, -0.2) is 0 Å². The van der Waals surface area contributed by atoms with Gasteiger partial charge in [0, 0.05) is 35.8 Å². The molecule has 0 radical (unpaired) electrons. The van der Waals surface area contributed by atoms with Crippen molar-refractivity contribution in [3.63, 3.8) is 0 Å². The summed E-state index contributed by atoms with van der Waals surface area (Å²) in [5.41, 5.74) is 1.61. The van der Waals surface area contributed by atoms with Crippen molar-refractivity contribution in [2.24, 2.45) is 4.99 Å². The molecule has 1 unspecified atom stereocenters. The van der Waals surface area contributed by atoms with Crippen LogP contribution in [0, 0.1) is 0 Å². The van der Waals surface area contributed by atoms with Crippen molar-refractivity contribution in [1.29, 1.82) is 0 Å². The number of benzene rings is 2. The Labute approximate surface area is 210 Å². The minimum Gasteiger partial charge on any atom is -0.467 e. The van der Waals surface area contributed by atoms with Crippen LogP contribution in [-0.2, 0) is 13.1 Å². The van der Waals surface area contributed by atoms with Crippen LogP contribution >= 0.6 is 35.7 Å². The van der Waals surface area contributed by atoms with Gasteiger partial charge < -0.3 is 20.4 Å². The number of carbonyl (C=O) groups is 1. The molecule has 3 aromatic rings. The molecule has 8 heteroatoms. The first-order valence-corrected chi connectivity index (χ1v) is 11.1. The van der Waals surface area contributed by atoms with Crippen LogP contribution in [0.3, 0.4) is 0 Å². The summed E-state index contributed by atoms with van der Waals surface area (Å²) in [6, 6.07) is 21.5. The van der Waals surface area contributed by atoms with Crippen molar-refractivity contribution in [1.82, 2.24) is 16.0 Å². The van der Waals surface area contributed by atoms with Gasteiger partial charge in [-0.3, -0.25) is 9.79 Å². The van der Waals surface area contributed by atoms with Crippen LogP contribution in [-0.4, -0.2) is 30.7 Å². The molecular formula is C24H29IN4O2S. The molecule has 2 aromatic carbocycles. The molecule has 0 aliphatic heterocycles. The standard InChI is InChI=1S/C24H28N4O2S.HI/c1-18(31-22-11-4-3-5-12-22)15-27-24(25-2)28-16-19-8-6-9-20(14-19)23(29)26-17-21-10-7-13-30-21;/h3-14,18H,15-17H2,1-2H3,(H,26,29)(H2,25,27,28);1H. The molecule has 0 saturated heterocycles. The number of aliphatic imine (C=N–C) groups is 1. The van der Waals surface area contributed by atoms with Crippen LogP contribution in [0.2, 0.25) is 0 Å². The molecule has 0 aliphatic rings. The molecule has 1 aromatic heterocycles. The van der Waals surface area contributed by atoms with Crippen molar-refractivity contribution in [2.75, 3.05) is 13.6 Å². The molecule has 0 bridgehead atoms. The number of furan rings is 1. The van der Waals surface area contributed by atoms with E-state index in [2.05, 4.69) is 40.0 Å². The van der Waals surface area contributed by atoms with Gasteiger partial charge >= 0.3 is 0 Å². The summed E-state index contributed by atoms with van der Waals surface area (Å²) < 4.78 is 5.25. The first-order valence-electron chi connectivity index (χ1n) is 10.2. The SMILES string of the molecule is CN=C(NCc1cccc(C(=O)NCc2ccco2)c1)NCC(C)Sc1ccccc1.I. The monoisotopic (exact) mass is 564 g/mol. The molecule has 32 heavy (non-hydrogen) atoms. The first-order chi connectivity index (χ1) is 15.1. The van der Waals surface area contributed by atoms with Gasteiger partial charge in [-0.1, -0.05) is 37.3 Å². The smallest absolute Gasteiger partial charge is 0.251 e. The maximum Gasteiger partial charge on any atom is 0.251 e. The Hall–Kier alpha value is -2.46. The second-order valence-electron chi connectivity index (χ2n) is 7.01. The van der Waals surface area contributed by atoms with Gasteiger partial charge in [0.1, 0.15) is 5.76 Å². The number of carbonyl (C=O) groups excluding carboxylic acids is 1. The van der Waals surface area contributed by atoms with Crippen molar-refractivity contribution >= 4 is 47.6 Å². The summed E-state index contributed by atoms with van der Waals surface area (Å²) in [6.07, 6.45) is 1.59. The highest BCUT2D eigenvalue weighted by atomic mass is 127. The lowest BCUT2D eigenvalue weighted by atomic mass is 10.1. The number of rotatable bonds is 9. The summed E-state index contributed by atoms with van der Waals surface area (Å²) >= 11 is 1.82. The number of amides is 1. The number of guanidine groups is 1. The van der Waals surface area contributed by atoms with E-state index in [1.807, 2.05) is 54.2 Å². The zero-order valence-corrected chi connectivity index (χ0v) is 21.4. The fourth-order valence-electron chi connectivity index (χ4n) is 2.92. The molecule has 170 valence electrons. The van der Waals surface area contributed by atoms with Gasteiger partial charge in [0.25, 0.3) is 5.91 Å². The number of nitrogens with zero attached hydrogens (tertiary/aromatic N) is 1. The molecular weight excluding hydrogens is 535 g/mol. The van der Waals surface area contributed by atoms with E-state index < -0.39 is 0 Å². The highest BCUT2D eigenvalue weighted by molar-refractivity contribution is 14.0. The quantitative estimate of drug-likeness (QED) is 0.152. The summed E-state index contributed by atoms with van der Waals surface area (Å²) in [7, 11) is 1.75. The van der Waals surface area contributed by atoms with E-state index >= 15 is 0 Å². The van der Waals surface area contributed by atoms with Crippen molar-refractivity contribution < 1.29 is 9.21 Å². The van der Waals surface area contributed by atoms with Gasteiger partial charge in [0.05, 0.1) is 12.8 Å². The number of halogens is 1. The Morgan fingerprint density at radius 1 is 1.00 bits per heavy atom. The molecule has 3 N–H and O–H groups in total. The molecule has 0 saturated carbocycles. The fourth-order valence-corrected chi connectivity index (χ4v) is 3.87. The van der Waals surface area contributed by atoms with Gasteiger partial charge in [-0.15, -0.1) is 35.7 Å². The van der Waals surface area contributed by atoms with Crippen molar-refractivity contribution in [3.8, 4) is 0 Å². The van der Waals surface area contributed by atoms with Gasteiger partial charge in [-0.05, 0) is 42.0 Å². The van der Waals surface area contributed by atoms with Gasteiger partial charge in [0.15, 0.2) is 5.96 Å². The molecule has 1 atom stereocenters. The average molecular weight is 564 g/mol. The Balaban J connectivity index is 0.00000363. The second kappa shape index (κ2) is 13.8. The number of nitrogens with one attached hydrogen (secondary N) is 3. The highest BCUT2D eigenvalue weighted by Crippen LogP contribution is 2.21. The first kappa shape index (κ1) is 25.8. The van der Waals surface area contributed by atoms with E-state index in [1.165, 1.54) is 4.90 Å². The normalized spacial score (nSPS) is 11.9. The zero-order valence-electron chi connectivity index (χ0n) is 18.2. The maximum absolute atomic E-state index is 12.4. The Morgan fingerprint density at radius 2 is 1.81 bits per heavy atom. The molecule has 0 spiro atoms. The predicted octanol–water partition coefficient (Wildman–Crippen LogP) is 4.67. The lowest BCUT2D eigenvalue weighted by molar-refractivity contribution is 0.0948. The van der Waals surface area contributed by atoms with E-state index in [0.29, 0.717) is 23.9 Å². The number of hydrogen-bond donors (Lipinski definition) is 3. The zero-order chi connectivity index (χ0) is 21.9. The second-order valence-corrected chi connectivity index (χ2v) is 8.52. The summed E-state index contributed by atoms with van der Waals surface area (Å²) in [4.78, 5) is 17.9. The van der Waals surface area contributed by atoms with E-state index in [1.54, 1.807) is 25.4 Å². The van der Waals surface area contributed by atoms with Crippen LogP contribution in [0.25, 0.3) is 0 Å². The largest absolute Gasteiger partial charge is 0.467 e. The average Bonchev–Trinajstić information content (AvgIpc) is 3.32. The van der Waals surface area contributed by atoms with Crippen LogP contribution in [0.5, 0.6) is 0 Å².